The van der Waals surface area contributed by atoms with Gasteiger partial charge in [-0.1, -0.05) is 0 Å². The number of hydrogen-bond donors (Lipinski definition) is 4. The molecule has 6 unspecified atom stereocenters. The third kappa shape index (κ3) is 4.38. The standard InChI is InChI=1S/C14H30O6/c1-8(15)7-12(9(2)16)13(10(3)17)14(19-5,20-6)11(4)18/h8-13,15-18H,7H2,1-6H3. The van der Waals surface area contributed by atoms with Gasteiger partial charge in [-0.3, -0.25) is 0 Å². The van der Waals surface area contributed by atoms with Gasteiger partial charge in [-0.15, -0.1) is 0 Å². The van der Waals surface area contributed by atoms with Crippen LogP contribution in [0.25, 0.3) is 0 Å². The van der Waals surface area contributed by atoms with Crippen LogP contribution < -0.4 is 0 Å². The van der Waals surface area contributed by atoms with Crippen LogP contribution in [0.2, 0.25) is 0 Å². The first kappa shape index (κ1) is 19.8. The highest BCUT2D eigenvalue weighted by atomic mass is 16.7. The van der Waals surface area contributed by atoms with Crippen LogP contribution in [0.3, 0.4) is 0 Å². The molecule has 0 saturated carbocycles. The minimum atomic E-state index is -1.45. The molecule has 0 heterocycles. The molecule has 0 aromatic heterocycles. The van der Waals surface area contributed by atoms with E-state index in [1.54, 1.807) is 20.8 Å². The summed E-state index contributed by atoms with van der Waals surface area (Å²) in [5, 5.41) is 39.8. The highest BCUT2D eigenvalue weighted by Crippen LogP contribution is 2.38. The van der Waals surface area contributed by atoms with Crippen LogP contribution in [0.15, 0.2) is 0 Å². The van der Waals surface area contributed by atoms with E-state index in [9.17, 15) is 20.4 Å². The van der Waals surface area contributed by atoms with Gasteiger partial charge in [0.05, 0.1) is 18.3 Å². The van der Waals surface area contributed by atoms with E-state index in [2.05, 4.69) is 0 Å². The predicted molar refractivity (Wildman–Crippen MR) is 75.1 cm³/mol. The SMILES string of the molecule is COC(OC)(C(C)O)C(C(C)O)C(CC(C)O)C(C)O. The summed E-state index contributed by atoms with van der Waals surface area (Å²) < 4.78 is 10.7. The third-order valence-corrected chi connectivity index (χ3v) is 3.90. The minimum absolute atomic E-state index is 0.258. The lowest BCUT2D eigenvalue weighted by Crippen LogP contribution is -2.58. The van der Waals surface area contributed by atoms with Crippen molar-refractivity contribution in [2.24, 2.45) is 11.8 Å². The normalized spacial score (nSPS) is 21.9. The molecule has 0 amide bonds. The quantitative estimate of drug-likeness (QED) is 0.451. The van der Waals surface area contributed by atoms with Crippen LogP contribution in [0.1, 0.15) is 34.1 Å². The molecule has 0 saturated heterocycles. The highest BCUT2D eigenvalue weighted by Gasteiger charge is 2.51. The van der Waals surface area contributed by atoms with Crippen LogP contribution in [0, 0.1) is 11.8 Å². The molecule has 0 bridgehead atoms. The van der Waals surface area contributed by atoms with Crippen LogP contribution >= 0.6 is 0 Å². The monoisotopic (exact) mass is 294 g/mol. The number of methoxy groups -OCH3 is 2. The van der Waals surface area contributed by atoms with Gasteiger partial charge >= 0.3 is 0 Å². The second-order valence-electron chi connectivity index (χ2n) is 5.56. The van der Waals surface area contributed by atoms with Crippen molar-refractivity contribution in [3.8, 4) is 0 Å². The fourth-order valence-corrected chi connectivity index (χ4v) is 3.00. The van der Waals surface area contributed by atoms with Crippen molar-refractivity contribution in [2.45, 2.75) is 64.3 Å². The first-order chi connectivity index (χ1) is 9.13. The summed E-state index contributed by atoms with van der Waals surface area (Å²) in [4.78, 5) is 0. The number of ether oxygens (including phenoxy) is 2. The van der Waals surface area contributed by atoms with Gasteiger partial charge in [0.15, 0.2) is 5.79 Å². The van der Waals surface area contributed by atoms with Crippen LogP contribution in [-0.2, 0) is 9.47 Å². The number of hydrogen-bond acceptors (Lipinski definition) is 6. The second kappa shape index (κ2) is 8.26. The van der Waals surface area contributed by atoms with Crippen molar-refractivity contribution in [1.82, 2.24) is 0 Å². The summed E-state index contributed by atoms with van der Waals surface area (Å²) in [5.74, 6) is -2.65. The molecule has 0 aromatic carbocycles. The van der Waals surface area contributed by atoms with Gasteiger partial charge in [-0.2, -0.15) is 0 Å². The molecule has 6 nitrogen and oxygen atoms in total. The van der Waals surface area contributed by atoms with Crippen molar-refractivity contribution in [1.29, 1.82) is 0 Å². The van der Waals surface area contributed by atoms with Gasteiger partial charge in [-0.25, -0.2) is 0 Å². The van der Waals surface area contributed by atoms with Crippen LogP contribution in [0.5, 0.6) is 0 Å². The maximum Gasteiger partial charge on any atom is 0.199 e. The molecule has 0 aromatic rings. The zero-order valence-corrected chi connectivity index (χ0v) is 13.3. The second-order valence-corrected chi connectivity index (χ2v) is 5.56. The summed E-state index contributed by atoms with van der Waals surface area (Å²) in [6, 6.07) is 0. The average molecular weight is 294 g/mol. The van der Waals surface area contributed by atoms with Crippen molar-refractivity contribution in [2.75, 3.05) is 14.2 Å². The van der Waals surface area contributed by atoms with Gasteiger partial charge in [0.1, 0.15) is 6.10 Å². The Bertz CT molecular complexity index is 260. The van der Waals surface area contributed by atoms with E-state index in [1.807, 2.05) is 0 Å². The van der Waals surface area contributed by atoms with E-state index in [0.29, 0.717) is 0 Å². The van der Waals surface area contributed by atoms with Crippen molar-refractivity contribution >= 4 is 0 Å². The molecular weight excluding hydrogens is 264 g/mol. The van der Waals surface area contributed by atoms with E-state index in [1.165, 1.54) is 21.1 Å². The Hall–Kier alpha value is -0.240. The Labute approximate surface area is 121 Å². The summed E-state index contributed by atoms with van der Waals surface area (Å²) in [5.41, 5.74) is 0. The van der Waals surface area contributed by atoms with E-state index in [4.69, 9.17) is 9.47 Å². The number of aliphatic hydroxyl groups is 4. The topological polar surface area (TPSA) is 99.4 Å². The van der Waals surface area contributed by atoms with Gasteiger partial charge in [0.25, 0.3) is 0 Å². The van der Waals surface area contributed by atoms with Crippen LogP contribution in [0.4, 0.5) is 0 Å². The predicted octanol–water partition coefficient (Wildman–Crippen LogP) is 0.121. The third-order valence-electron chi connectivity index (χ3n) is 3.90. The Morgan fingerprint density at radius 2 is 1.30 bits per heavy atom. The van der Waals surface area contributed by atoms with Gasteiger partial charge < -0.3 is 29.9 Å². The maximum absolute atomic E-state index is 10.1. The molecule has 0 radical (unpaired) electrons. The van der Waals surface area contributed by atoms with Crippen molar-refractivity contribution in [3.63, 3.8) is 0 Å². The molecule has 4 N–H and O–H groups in total. The fourth-order valence-electron chi connectivity index (χ4n) is 3.00. The first-order valence-electron chi connectivity index (χ1n) is 6.96. The van der Waals surface area contributed by atoms with E-state index < -0.39 is 42.0 Å². The molecule has 122 valence electrons. The van der Waals surface area contributed by atoms with Crippen molar-refractivity contribution < 1.29 is 29.9 Å². The van der Waals surface area contributed by atoms with Crippen molar-refractivity contribution in [3.05, 3.63) is 0 Å². The molecule has 0 aliphatic rings. The number of aliphatic hydroxyl groups excluding tert-OH is 4. The molecule has 6 heteroatoms. The summed E-state index contributed by atoms with van der Waals surface area (Å²) in [6.45, 7) is 6.25. The van der Waals surface area contributed by atoms with Gasteiger partial charge in [-0.05, 0) is 40.0 Å². The summed E-state index contributed by atoms with van der Waals surface area (Å²) in [7, 11) is 2.76. The summed E-state index contributed by atoms with van der Waals surface area (Å²) >= 11 is 0. The Morgan fingerprint density at radius 1 is 0.850 bits per heavy atom. The molecule has 0 fully saturated rings. The molecule has 20 heavy (non-hydrogen) atoms. The number of rotatable bonds is 9. The minimum Gasteiger partial charge on any atom is -0.393 e. The Kier molecular flexibility index (Phi) is 8.16. The summed E-state index contributed by atoms with van der Waals surface area (Å²) in [6.07, 6.45) is -3.12. The molecule has 6 atom stereocenters. The molecule has 0 aliphatic carbocycles. The van der Waals surface area contributed by atoms with E-state index in [0.717, 1.165) is 0 Å². The fraction of sp³-hybridized carbons (Fsp3) is 1.00. The zero-order valence-electron chi connectivity index (χ0n) is 13.3. The zero-order chi connectivity index (χ0) is 16.1. The van der Waals surface area contributed by atoms with Gasteiger partial charge in [0.2, 0.25) is 0 Å². The first-order valence-corrected chi connectivity index (χ1v) is 6.96. The maximum atomic E-state index is 10.1. The van der Waals surface area contributed by atoms with E-state index in [-0.39, 0.29) is 6.42 Å². The lowest BCUT2D eigenvalue weighted by molar-refractivity contribution is -0.310. The average Bonchev–Trinajstić information content (AvgIpc) is 2.32. The largest absolute Gasteiger partial charge is 0.393 e. The molecular formula is C14H30O6. The smallest absolute Gasteiger partial charge is 0.199 e. The van der Waals surface area contributed by atoms with Crippen LogP contribution in [-0.4, -0.2) is 64.8 Å². The van der Waals surface area contributed by atoms with Gasteiger partial charge in [0, 0.05) is 20.1 Å². The Balaban J connectivity index is 5.67. The molecule has 0 aliphatic heterocycles. The lowest BCUT2D eigenvalue weighted by Gasteiger charge is -2.46. The Morgan fingerprint density at radius 3 is 1.50 bits per heavy atom. The molecule has 0 rings (SSSR count). The lowest BCUT2D eigenvalue weighted by atomic mass is 9.74. The highest BCUT2D eigenvalue weighted by molar-refractivity contribution is 4.93. The van der Waals surface area contributed by atoms with E-state index >= 15 is 0 Å². The molecule has 0 spiro atoms.